The van der Waals surface area contributed by atoms with Crippen molar-refractivity contribution in [2.45, 2.75) is 43.9 Å². The van der Waals surface area contributed by atoms with Crippen LogP contribution in [0.15, 0.2) is 47.4 Å². The first-order chi connectivity index (χ1) is 13.7. The summed E-state index contributed by atoms with van der Waals surface area (Å²) in [5.74, 6) is -0.0953. The zero-order valence-corrected chi connectivity index (χ0v) is 17.5. The lowest BCUT2D eigenvalue weighted by Gasteiger charge is -2.15. The fourth-order valence-electron chi connectivity index (χ4n) is 3.56. The number of benzene rings is 2. The Labute approximate surface area is 171 Å². The zero-order chi connectivity index (χ0) is 21.0. The van der Waals surface area contributed by atoms with Gasteiger partial charge in [-0.1, -0.05) is 31.0 Å². The molecule has 0 saturated heterocycles. The summed E-state index contributed by atoms with van der Waals surface area (Å²) >= 11 is 0. The van der Waals surface area contributed by atoms with Crippen LogP contribution in [0.25, 0.3) is 0 Å². The van der Waals surface area contributed by atoms with E-state index in [1.807, 2.05) is 13.0 Å². The van der Waals surface area contributed by atoms with Crippen LogP contribution in [0.5, 0.6) is 0 Å². The van der Waals surface area contributed by atoms with E-state index in [4.69, 9.17) is 0 Å². The molecule has 0 bridgehead atoms. The zero-order valence-electron chi connectivity index (χ0n) is 16.7. The van der Waals surface area contributed by atoms with Crippen molar-refractivity contribution in [3.05, 3.63) is 53.6 Å². The van der Waals surface area contributed by atoms with Crippen LogP contribution in [-0.2, 0) is 25.8 Å². The third-order valence-corrected chi connectivity index (χ3v) is 6.44. The van der Waals surface area contributed by atoms with Gasteiger partial charge in [0.1, 0.15) is 0 Å². The summed E-state index contributed by atoms with van der Waals surface area (Å²) in [5.41, 5.74) is 2.88. The van der Waals surface area contributed by atoms with E-state index < -0.39 is 9.84 Å². The summed E-state index contributed by atoms with van der Waals surface area (Å²) in [4.78, 5) is 25.1. The number of hydrogen-bond donors (Lipinski definition) is 2. The average Bonchev–Trinajstić information content (AvgIpc) is 3.19. The van der Waals surface area contributed by atoms with E-state index >= 15 is 0 Å². The van der Waals surface area contributed by atoms with Crippen molar-refractivity contribution in [2.75, 3.05) is 16.9 Å². The molecule has 0 aliphatic heterocycles. The highest BCUT2D eigenvalue weighted by Gasteiger charge is 2.23. The second-order valence-corrected chi connectivity index (χ2v) is 9.61. The Balaban J connectivity index is 1.65. The van der Waals surface area contributed by atoms with Crippen LogP contribution in [-0.4, -0.2) is 26.5 Å². The van der Waals surface area contributed by atoms with E-state index in [0.717, 1.165) is 43.1 Å². The number of hydrogen-bond acceptors (Lipinski definition) is 4. The van der Waals surface area contributed by atoms with Crippen molar-refractivity contribution in [3.8, 4) is 0 Å². The molecule has 1 aliphatic carbocycles. The van der Waals surface area contributed by atoms with Crippen LogP contribution in [0.1, 0.15) is 36.8 Å². The molecule has 0 spiro atoms. The van der Waals surface area contributed by atoms with Gasteiger partial charge in [0, 0.05) is 23.5 Å². The van der Waals surface area contributed by atoms with Gasteiger partial charge in [-0.05, 0) is 55.2 Å². The standard InChI is InChI=1S/C22H26N2O4S/c1-15-19(8-5-9-20(15)24-22(26)17-6-3-4-7-17)23-21(25)14-16-10-12-18(13-11-16)29(2,27)28/h5,8-13,17H,3-4,6-7,14H2,1-2H3,(H,23,25)(H,24,26). The van der Waals surface area contributed by atoms with E-state index in [1.165, 1.54) is 12.1 Å². The highest BCUT2D eigenvalue weighted by Crippen LogP contribution is 2.28. The number of carbonyl (C=O) groups excluding carboxylic acids is 2. The van der Waals surface area contributed by atoms with Gasteiger partial charge in [0.05, 0.1) is 11.3 Å². The smallest absolute Gasteiger partial charge is 0.228 e. The maximum atomic E-state index is 12.4. The molecule has 0 aromatic heterocycles. The lowest BCUT2D eigenvalue weighted by Crippen LogP contribution is -2.21. The first-order valence-electron chi connectivity index (χ1n) is 9.73. The molecule has 6 nitrogen and oxygen atoms in total. The van der Waals surface area contributed by atoms with E-state index in [2.05, 4.69) is 10.6 Å². The first-order valence-corrected chi connectivity index (χ1v) is 11.6. The highest BCUT2D eigenvalue weighted by atomic mass is 32.2. The van der Waals surface area contributed by atoms with Crippen molar-refractivity contribution in [1.29, 1.82) is 0 Å². The number of anilines is 2. The molecular weight excluding hydrogens is 388 g/mol. The number of amides is 2. The van der Waals surface area contributed by atoms with Gasteiger partial charge in [-0.3, -0.25) is 9.59 Å². The average molecular weight is 415 g/mol. The van der Waals surface area contributed by atoms with E-state index in [-0.39, 0.29) is 29.0 Å². The van der Waals surface area contributed by atoms with Crippen molar-refractivity contribution >= 4 is 33.0 Å². The van der Waals surface area contributed by atoms with Crippen LogP contribution >= 0.6 is 0 Å². The van der Waals surface area contributed by atoms with E-state index in [1.54, 1.807) is 24.3 Å². The summed E-state index contributed by atoms with van der Waals surface area (Å²) < 4.78 is 23.1. The summed E-state index contributed by atoms with van der Waals surface area (Å²) in [7, 11) is -3.26. The molecule has 0 atom stereocenters. The second-order valence-electron chi connectivity index (χ2n) is 7.59. The summed E-state index contributed by atoms with van der Waals surface area (Å²) in [6.07, 6.45) is 5.33. The Bertz CT molecular complexity index is 1010. The molecule has 1 saturated carbocycles. The Hall–Kier alpha value is -2.67. The molecular formula is C22H26N2O4S. The van der Waals surface area contributed by atoms with Gasteiger partial charge < -0.3 is 10.6 Å². The van der Waals surface area contributed by atoms with E-state index in [9.17, 15) is 18.0 Å². The predicted molar refractivity (Wildman–Crippen MR) is 114 cm³/mol. The van der Waals surface area contributed by atoms with Crippen molar-refractivity contribution < 1.29 is 18.0 Å². The second kappa shape index (κ2) is 8.78. The Kier molecular flexibility index (Phi) is 6.37. The fourth-order valence-corrected chi connectivity index (χ4v) is 4.19. The van der Waals surface area contributed by atoms with Gasteiger partial charge in [0.15, 0.2) is 9.84 Å². The molecule has 0 unspecified atom stereocenters. The third kappa shape index (κ3) is 5.44. The number of carbonyl (C=O) groups is 2. The molecule has 1 aliphatic rings. The first kappa shape index (κ1) is 21.0. The highest BCUT2D eigenvalue weighted by molar-refractivity contribution is 7.90. The van der Waals surface area contributed by atoms with Crippen LogP contribution in [0, 0.1) is 12.8 Å². The Morgan fingerprint density at radius 1 is 0.966 bits per heavy atom. The maximum absolute atomic E-state index is 12.4. The molecule has 0 radical (unpaired) electrons. The molecule has 29 heavy (non-hydrogen) atoms. The molecule has 2 N–H and O–H groups in total. The molecule has 2 aromatic carbocycles. The lowest BCUT2D eigenvalue weighted by atomic mass is 10.1. The van der Waals surface area contributed by atoms with Gasteiger partial charge >= 0.3 is 0 Å². The minimum Gasteiger partial charge on any atom is -0.326 e. The third-order valence-electron chi connectivity index (χ3n) is 5.31. The molecule has 2 amide bonds. The Morgan fingerprint density at radius 3 is 2.14 bits per heavy atom. The largest absolute Gasteiger partial charge is 0.326 e. The maximum Gasteiger partial charge on any atom is 0.228 e. The number of sulfone groups is 1. The van der Waals surface area contributed by atoms with Crippen molar-refractivity contribution in [3.63, 3.8) is 0 Å². The molecule has 2 aromatic rings. The quantitative estimate of drug-likeness (QED) is 0.754. The molecule has 1 fully saturated rings. The fraction of sp³-hybridized carbons (Fsp3) is 0.364. The predicted octanol–water partition coefficient (Wildman–Crippen LogP) is 3.71. The molecule has 3 rings (SSSR count). The topological polar surface area (TPSA) is 92.3 Å². The van der Waals surface area contributed by atoms with Gasteiger partial charge in [-0.25, -0.2) is 8.42 Å². The minimum absolute atomic E-state index is 0.0417. The monoisotopic (exact) mass is 414 g/mol. The summed E-state index contributed by atoms with van der Waals surface area (Å²) in [5, 5.41) is 5.87. The summed E-state index contributed by atoms with van der Waals surface area (Å²) in [6, 6.07) is 11.7. The molecule has 0 heterocycles. The van der Waals surface area contributed by atoms with E-state index in [0.29, 0.717) is 11.4 Å². The van der Waals surface area contributed by atoms with Crippen LogP contribution in [0.4, 0.5) is 11.4 Å². The molecule has 7 heteroatoms. The van der Waals surface area contributed by atoms with Crippen molar-refractivity contribution in [2.24, 2.45) is 5.92 Å². The van der Waals surface area contributed by atoms with Crippen LogP contribution in [0.2, 0.25) is 0 Å². The number of nitrogens with one attached hydrogen (secondary N) is 2. The van der Waals surface area contributed by atoms with Crippen molar-refractivity contribution in [1.82, 2.24) is 0 Å². The van der Waals surface area contributed by atoms with Crippen LogP contribution in [0.3, 0.4) is 0 Å². The number of rotatable bonds is 6. The van der Waals surface area contributed by atoms with Crippen LogP contribution < -0.4 is 10.6 Å². The van der Waals surface area contributed by atoms with Gasteiger partial charge in [0.2, 0.25) is 11.8 Å². The van der Waals surface area contributed by atoms with Gasteiger partial charge in [-0.2, -0.15) is 0 Å². The van der Waals surface area contributed by atoms with Gasteiger partial charge in [-0.15, -0.1) is 0 Å². The lowest BCUT2D eigenvalue weighted by molar-refractivity contribution is -0.119. The summed E-state index contributed by atoms with van der Waals surface area (Å²) in [6.45, 7) is 1.86. The minimum atomic E-state index is -3.26. The Morgan fingerprint density at radius 2 is 1.55 bits per heavy atom. The van der Waals surface area contributed by atoms with Gasteiger partial charge in [0.25, 0.3) is 0 Å². The SMILES string of the molecule is Cc1c(NC(=O)Cc2ccc(S(C)(=O)=O)cc2)cccc1NC(=O)C1CCCC1. The normalized spacial score (nSPS) is 14.6. The molecule has 154 valence electrons.